The fourth-order valence-corrected chi connectivity index (χ4v) is 3.17. The van der Waals surface area contributed by atoms with Crippen LogP contribution in [0.5, 0.6) is 0 Å². The van der Waals surface area contributed by atoms with Gasteiger partial charge in [0.15, 0.2) is 0 Å². The number of carbonyl (C=O) groups excluding carboxylic acids is 1. The van der Waals surface area contributed by atoms with E-state index in [9.17, 15) is 14.9 Å². The fourth-order valence-electron chi connectivity index (χ4n) is 3.17. The van der Waals surface area contributed by atoms with Crippen molar-refractivity contribution < 1.29 is 9.72 Å². The third-order valence-corrected chi connectivity index (χ3v) is 4.19. The highest BCUT2D eigenvalue weighted by Gasteiger charge is 2.37. The standard InChI is InChI=1S/C15H11N3O3/c19-15(9-3-5-12(6-4-9)18(20)21)17-14-11-2-1-10(7-11)13(14)8-16-17/h1-6,8,10-11H,7H2. The molecule has 0 amide bonds. The molecule has 0 saturated heterocycles. The summed E-state index contributed by atoms with van der Waals surface area (Å²) in [5, 5.41) is 14.9. The molecule has 1 aromatic heterocycles. The van der Waals surface area contributed by atoms with Gasteiger partial charge < -0.3 is 0 Å². The lowest BCUT2D eigenvalue weighted by atomic mass is 10.0. The van der Waals surface area contributed by atoms with E-state index in [1.54, 1.807) is 6.20 Å². The van der Waals surface area contributed by atoms with Crippen molar-refractivity contribution in [2.45, 2.75) is 18.3 Å². The second-order valence-corrected chi connectivity index (χ2v) is 5.34. The first-order valence-corrected chi connectivity index (χ1v) is 6.70. The van der Waals surface area contributed by atoms with E-state index in [2.05, 4.69) is 17.3 Å². The number of fused-ring (bicyclic) bond motifs is 5. The number of carbonyl (C=O) groups is 1. The van der Waals surface area contributed by atoms with E-state index in [4.69, 9.17) is 0 Å². The minimum Gasteiger partial charge on any atom is -0.267 e. The highest BCUT2D eigenvalue weighted by atomic mass is 16.6. The largest absolute Gasteiger partial charge is 0.278 e. The molecule has 0 aliphatic heterocycles. The van der Waals surface area contributed by atoms with Crippen LogP contribution in [0, 0.1) is 10.1 Å². The lowest BCUT2D eigenvalue weighted by molar-refractivity contribution is -0.384. The number of rotatable bonds is 2. The van der Waals surface area contributed by atoms with Crippen molar-refractivity contribution in [2.24, 2.45) is 0 Å². The molecule has 2 aliphatic carbocycles. The highest BCUT2D eigenvalue weighted by molar-refractivity contribution is 5.96. The third kappa shape index (κ3) is 1.65. The minimum absolute atomic E-state index is 0.0285. The summed E-state index contributed by atoms with van der Waals surface area (Å²) in [5.74, 6) is 0.394. The summed E-state index contributed by atoms with van der Waals surface area (Å²) in [7, 11) is 0. The molecule has 21 heavy (non-hydrogen) atoms. The van der Waals surface area contributed by atoms with Gasteiger partial charge >= 0.3 is 0 Å². The van der Waals surface area contributed by atoms with Crippen LogP contribution in [0.15, 0.2) is 42.6 Å². The second-order valence-electron chi connectivity index (χ2n) is 5.34. The van der Waals surface area contributed by atoms with Crippen molar-refractivity contribution in [3.63, 3.8) is 0 Å². The summed E-state index contributed by atoms with van der Waals surface area (Å²) in [6.07, 6.45) is 7.05. The summed E-state index contributed by atoms with van der Waals surface area (Å²) in [6.45, 7) is 0. The molecule has 2 aliphatic rings. The van der Waals surface area contributed by atoms with Crippen molar-refractivity contribution in [1.82, 2.24) is 9.78 Å². The highest BCUT2D eigenvalue weighted by Crippen LogP contribution is 2.48. The van der Waals surface area contributed by atoms with E-state index in [1.165, 1.54) is 28.9 Å². The molecular weight excluding hydrogens is 270 g/mol. The van der Waals surface area contributed by atoms with Crippen molar-refractivity contribution in [2.75, 3.05) is 0 Å². The molecule has 0 N–H and O–H groups in total. The Labute approximate surface area is 119 Å². The molecule has 2 bridgehead atoms. The zero-order chi connectivity index (χ0) is 14.6. The first kappa shape index (κ1) is 12.0. The van der Waals surface area contributed by atoms with Crippen LogP contribution < -0.4 is 0 Å². The SMILES string of the molecule is O=C(c1ccc([N+](=O)[O-])cc1)n1ncc2c1C1C=CC2C1. The van der Waals surface area contributed by atoms with Crippen LogP contribution in [0.2, 0.25) is 0 Å². The Balaban J connectivity index is 1.71. The molecule has 6 heteroatoms. The van der Waals surface area contributed by atoms with E-state index in [1.807, 2.05) is 0 Å². The molecular formula is C15H11N3O3. The van der Waals surface area contributed by atoms with Crippen LogP contribution in [0.4, 0.5) is 5.69 Å². The summed E-state index contributed by atoms with van der Waals surface area (Å²) in [5.41, 5.74) is 2.46. The molecule has 0 spiro atoms. The number of benzene rings is 1. The Kier molecular flexibility index (Phi) is 2.35. The van der Waals surface area contributed by atoms with Crippen LogP contribution in [0.1, 0.15) is 39.9 Å². The number of hydrogen-bond donors (Lipinski definition) is 0. The van der Waals surface area contributed by atoms with Gasteiger partial charge in [-0.3, -0.25) is 14.9 Å². The van der Waals surface area contributed by atoms with Crippen molar-refractivity contribution >= 4 is 11.6 Å². The Morgan fingerprint density at radius 2 is 1.95 bits per heavy atom. The van der Waals surface area contributed by atoms with Gasteiger partial charge in [-0.25, -0.2) is 0 Å². The van der Waals surface area contributed by atoms with Crippen LogP contribution in [0.25, 0.3) is 0 Å². The molecule has 0 fully saturated rings. The van der Waals surface area contributed by atoms with Gasteiger partial charge in [0.05, 0.1) is 16.8 Å². The molecule has 1 heterocycles. The first-order chi connectivity index (χ1) is 10.1. The molecule has 104 valence electrons. The van der Waals surface area contributed by atoms with E-state index >= 15 is 0 Å². The Morgan fingerprint density at radius 3 is 2.67 bits per heavy atom. The topological polar surface area (TPSA) is 78.0 Å². The average Bonchev–Trinajstić information content (AvgIpc) is 3.19. The predicted octanol–water partition coefficient (Wildman–Crippen LogP) is 2.62. The molecule has 0 radical (unpaired) electrons. The molecule has 2 unspecified atom stereocenters. The molecule has 6 nitrogen and oxygen atoms in total. The number of aromatic nitrogens is 2. The maximum absolute atomic E-state index is 12.5. The smallest absolute Gasteiger partial charge is 0.267 e. The Bertz CT molecular complexity index is 789. The van der Waals surface area contributed by atoms with Gasteiger partial charge in [-0.1, -0.05) is 12.2 Å². The lowest BCUT2D eigenvalue weighted by Gasteiger charge is -2.09. The number of hydrogen-bond acceptors (Lipinski definition) is 4. The lowest BCUT2D eigenvalue weighted by Crippen LogP contribution is -2.17. The van der Waals surface area contributed by atoms with Crippen molar-refractivity contribution in [3.8, 4) is 0 Å². The second kappa shape index (κ2) is 4.12. The van der Waals surface area contributed by atoms with Gasteiger partial charge in [-0.05, 0) is 18.6 Å². The van der Waals surface area contributed by atoms with Gasteiger partial charge in [0.2, 0.25) is 0 Å². The number of allylic oxidation sites excluding steroid dienone is 2. The van der Waals surface area contributed by atoms with E-state index in [-0.39, 0.29) is 17.5 Å². The monoisotopic (exact) mass is 281 g/mol. The van der Waals surface area contributed by atoms with Gasteiger partial charge in [-0.15, -0.1) is 0 Å². The number of non-ortho nitro benzene ring substituents is 1. The number of nitrogens with zero attached hydrogens (tertiary/aromatic N) is 3. The van der Waals surface area contributed by atoms with Crippen molar-refractivity contribution in [1.29, 1.82) is 0 Å². The zero-order valence-corrected chi connectivity index (χ0v) is 11.0. The predicted molar refractivity (Wildman–Crippen MR) is 74.3 cm³/mol. The van der Waals surface area contributed by atoms with E-state index in [0.29, 0.717) is 11.5 Å². The van der Waals surface area contributed by atoms with Gasteiger partial charge in [-0.2, -0.15) is 9.78 Å². The summed E-state index contributed by atoms with van der Waals surface area (Å²) < 4.78 is 1.44. The summed E-state index contributed by atoms with van der Waals surface area (Å²) in [4.78, 5) is 22.7. The summed E-state index contributed by atoms with van der Waals surface area (Å²) in [6, 6.07) is 5.61. The molecule has 1 aromatic carbocycles. The van der Waals surface area contributed by atoms with Gasteiger partial charge in [0, 0.05) is 35.1 Å². The minimum atomic E-state index is -0.483. The molecule has 2 aromatic rings. The number of nitro benzene ring substituents is 1. The fraction of sp³-hybridized carbons (Fsp3) is 0.200. The maximum Gasteiger partial charge on any atom is 0.278 e. The van der Waals surface area contributed by atoms with Crippen LogP contribution in [0.3, 0.4) is 0 Å². The number of nitro groups is 1. The van der Waals surface area contributed by atoms with Crippen LogP contribution >= 0.6 is 0 Å². The molecule has 0 saturated carbocycles. The van der Waals surface area contributed by atoms with E-state index < -0.39 is 4.92 Å². The molecule has 4 rings (SSSR count). The summed E-state index contributed by atoms with van der Waals surface area (Å²) >= 11 is 0. The van der Waals surface area contributed by atoms with Gasteiger partial charge in [0.25, 0.3) is 11.6 Å². The van der Waals surface area contributed by atoms with Crippen LogP contribution in [-0.4, -0.2) is 20.6 Å². The first-order valence-electron chi connectivity index (χ1n) is 6.70. The van der Waals surface area contributed by atoms with Crippen LogP contribution in [-0.2, 0) is 0 Å². The van der Waals surface area contributed by atoms with Gasteiger partial charge in [0.1, 0.15) is 0 Å². The Morgan fingerprint density at radius 1 is 1.24 bits per heavy atom. The zero-order valence-electron chi connectivity index (χ0n) is 11.0. The average molecular weight is 281 g/mol. The van der Waals surface area contributed by atoms with Crippen molar-refractivity contribution in [3.05, 3.63) is 69.5 Å². The van der Waals surface area contributed by atoms with E-state index in [0.717, 1.165) is 17.7 Å². The normalized spacial score (nSPS) is 21.5. The molecule has 2 atom stereocenters. The quantitative estimate of drug-likeness (QED) is 0.481. The maximum atomic E-state index is 12.5. The Hall–Kier alpha value is -2.76. The third-order valence-electron chi connectivity index (χ3n) is 4.19.